The van der Waals surface area contributed by atoms with E-state index in [1.807, 2.05) is 35.0 Å². The summed E-state index contributed by atoms with van der Waals surface area (Å²) in [7, 11) is 3.06. The summed E-state index contributed by atoms with van der Waals surface area (Å²) in [6, 6.07) is 11.4. The third-order valence-electron chi connectivity index (χ3n) is 3.75. The zero-order chi connectivity index (χ0) is 18.5. The van der Waals surface area contributed by atoms with Crippen LogP contribution in [0.1, 0.15) is 10.4 Å². The molecule has 1 aromatic heterocycles. The second kappa shape index (κ2) is 8.05. The van der Waals surface area contributed by atoms with Gasteiger partial charge in [0.25, 0.3) is 0 Å². The lowest BCUT2D eigenvalue weighted by molar-refractivity contribution is 0.101. The lowest BCUT2D eigenvalue weighted by Gasteiger charge is -2.09. The van der Waals surface area contributed by atoms with Gasteiger partial charge in [-0.2, -0.15) is 0 Å². The molecule has 0 bridgehead atoms. The molecule has 3 rings (SSSR count). The average molecular weight is 372 g/mol. The van der Waals surface area contributed by atoms with Crippen molar-refractivity contribution in [3.63, 3.8) is 0 Å². The van der Waals surface area contributed by atoms with Gasteiger partial charge in [0.15, 0.2) is 10.9 Å². The average Bonchev–Trinajstić information content (AvgIpc) is 3.14. The molecule has 0 amide bonds. The second-order valence-electron chi connectivity index (χ2n) is 5.33. The van der Waals surface area contributed by atoms with Crippen LogP contribution in [0, 0.1) is 5.82 Å². The standard InChI is InChI=1S/C19H17FN2O3S/c1-24-15-6-4-14(5-7-15)22-10-9-21-19(22)26-12-17(23)16-11-13(20)3-8-18(16)25-2/h3-11H,12H2,1-2H3. The molecule has 0 fully saturated rings. The fraction of sp³-hybridized carbons (Fsp3) is 0.158. The molecule has 7 heteroatoms. The van der Waals surface area contributed by atoms with Crippen LogP contribution in [0.3, 0.4) is 0 Å². The van der Waals surface area contributed by atoms with Crippen LogP contribution < -0.4 is 9.47 Å². The minimum Gasteiger partial charge on any atom is -0.497 e. The van der Waals surface area contributed by atoms with E-state index in [4.69, 9.17) is 9.47 Å². The van der Waals surface area contributed by atoms with E-state index in [0.717, 1.165) is 11.4 Å². The predicted octanol–water partition coefficient (Wildman–Crippen LogP) is 4.00. The van der Waals surface area contributed by atoms with Crippen LogP contribution in [0.15, 0.2) is 60.0 Å². The van der Waals surface area contributed by atoms with Crippen LogP contribution in [0.25, 0.3) is 5.69 Å². The van der Waals surface area contributed by atoms with E-state index in [1.165, 1.54) is 37.1 Å². The van der Waals surface area contributed by atoms with Gasteiger partial charge in [-0.05, 0) is 42.5 Å². The SMILES string of the molecule is COc1ccc(-n2ccnc2SCC(=O)c2cc(F)ccc2OC)cc1. The van der Waals surface area contributed by atoms with Gasteiger partial charge in [-0.1, -0.05) is 11.8 Å². The minimum atomic E-state index is -0.473. The van der Waals surface area contributed by atoms with E-state index < -0.39 is 5.82 Å². The number of thioether (sulfide) groups is 1. The van der Waals surface area contributed by atoms with Gasteiger partial charge in [0.05, 0.1) is 25.5 Å². The normalized spacial score (nSPS) is 10.6. The van der Waals surface area contributed by atoms with Crippen LogP contribution in [0.5, 0.6) is 11.5 Å². The third kappa shape index (κ3) is 3.88. The molecule has 134 valence electrons. The molecular formula is C19H17FN2O3S. The first kappa shape index (κ1) is 18.0. The summed E-state index contributed by atoms with van der Waals surface area (Å²) in [5.41, 5.74) is 1.13. The molecule has 5 nitrogen and oxygen atoms in total. The van der Waals surface area contributed by atoms with Gasteiger partial charge in [-0.15, -0.1) is 0 Å². The largest absolute Gasteiger partial charge is 0.497 e. The Bertz CT molecular complexity index is 909. The van der Waals surface area contributed by atoms with Crippen molar-refractivity contribution in [1.82, 2.24) is 9.55 Å². The third-order valence-corrected chi connectivity index (χ3v) is 4.72. The number of ether oxygens (including phenoxy) is 2. The molecule has 0 radical (unpaired) electrons. The summed E-state index contributed by atoms with van der Waals surface area (Å²) >= 11 is 1.28. The summed E-state index contributed by atoms with van der Waals surface area (Å²) in [4.78, 5) is 16.8. The maximum absolute atomic E-state index is 13.5. The minimum absolute atomic E-state index is 0.118. The van der Waals surface area contributed by atoms with E-state index in [0.29, 0.717) is 10.9 Å². The van der Waals surface area contributed by atoms with E-state index in [1.54, 1.807) is 13.3 Å². The highest BCUT2D eigenvalue weighted by molar-refractivity contribution is 7.99. The van der Waals surface area contributed by atoms with Crippen molar-refractivity contribution in [1.29, 1.82) is 0 Å². The molecule has 0 unspecified atom stereocenters. The topological polar surface area (TPSA) is 53.4 Å². The van der Waals surface area contributed by atoms with E-state index >= 15 is 0 Å². The number of aromatic nitrogens is 2. The first-order chi connectivity index (χ1) is 12.6. The van der Waals surface area contributed by atoms with E-state index in [2.05, 4.69) is 4.98 Å². The number of methoxy groups -OCH3 is 2. The van der Waals surface area contributed by atoms with E-state index in [9.17, 15) is 9.18 Å². The Hall–Kier alpha value is -2.80. The molecule has 3 aromatic rings. The van der Waals surface area contributed by atoms with Crippen LogP contribution in [-0.2, 0) is 0 Å². The van der Waals surface area contributed by atoms with Gasteiger partial charge < -0.3 is 9.47 Å². The molecule has 0 atom stereocenters. The van der Waals surface area contributed by atoms with Gasteiger partial charge in [-0.3, -0.25) is 9.36 Å². The molecule has 0 N–H and O–H groups in total. The Labute approximate surface area is 154 Å². The van der Waals surface area contributed by atoms with Crippen molar-refractivity contribution in [3.05, 3.63) is 66.2 Å². The monoisotopic (exact) mass is 372 g/mol. The number of hydrogen-bond donors (Lipinski definition) is 0. The number of carbonyl (C=O) groups is 1. The number of halogens is 1. The van der Waals surface area contributed by atoms with Crippen LogP contribution in [0.4, 0.5) is 4.39 Å². The number of hydrogen-bond acceptors (Lipinski definition) is 5. The van der Waals surface area contributed by atoms with Gasteiger partial charge in [-0.25, -0.2) is 9.37 Å². The lowest BCUT2D eigenvalue weighted by atomic mass is 10.1. The Morgan fingerprint density at radius 2 is 1.92 bits per heavy atom. The van der Waals surface area contributed by atoms with Crippen molar-refractivity contribution >= 4 is 17.5 Å². The highest BCUT2D eigenvalue weighted by Gasteiger charge is 2.15. The first-order valence-electron chi connectivity index (χ1n) is 7.79. The summed E-state index contributed by atoms with van der Waals surface area (Å²) in [6.45, 7) is 0. The van der Waals surface area contributed by atoms with Gasteiger partial charge in [0, 0.05) is 18.1 Å². The molecule has 0 saturated heterocycles. The molecule has 26 heavy (non-hydrogen) atoms. The lowest BCUT2D eigenvalue weighted by Crippen LogP contribution is -2.07. The van der Waals surface area contributed by atoms with Crippen LogP contribution in [-0.4, -0.2) is 35.3 Å². The molecule has 2 aromatic carbocycles. The van der Waals surface area contributed by atoms with Crippen LogP contribution in [0.2, 0.25) is 0 Å². The van der Waals surface area contributed by atoms with Crippen molar-refractivity contribution in [2.45, 2.75) is 5.16 Å². The number of Topliss-reactive ketones (excluding diaryl/α,β-unsaturated/α-hetero) is 1. The predicted molar refractivity (Wildman–Crippen MR) is 98.1 cm³/mol. The highest BCUT2D eigenvalue weighted by Crippen LogP contribution is 2.25. The first-order valence-corrected chi connectivity index (χ1v) is 8.78. The van der Waals surface area contributed by atoms with Crippen molar-refractivity contribution in [3.8, 4) is 17.2 Å². The van der Waals surface area contributed by atoms with Crippen molar-refractivity contribution in [2.24, 2.45) is 0 Å². The summed E-state index contributed by atoms with van der Waals surface area (Å²) in [5.74, 6) is 0.536. The quantitative estimate of drug-likeness (QED) is 0.463. The zero-order valence-electron chi connectivity index (χ0n) is 14.3. The smallest absolute Gasteiger partial charge is 0.177 e. The number of ketones is 1. The number of rotatable bonds is 7. The summed E-state index contributed by atoms with van der Waals surface area (Å²) < 4.78 is 25.6. The molecule has 0 aliphatic carbocycles. The van der Waals surface area contributed by atoms with E-state index in [-0.39, 0.29) is 17.1 Å². The van der Waals surface area contributed by atoms with Gasteiger partial charge in [0.2, 0.25) is 0 Å². The maximum Gasteiger partial charge on any atom is 0.177 e. The Kier molecular flexibility index (Phi) is 5.58. The summed E-state index contributed by atoms with van der Waals surface area (Å²) in [5, 5.41) is 0.666. The maximum atomic E-state index is 13.5. The Balaban J connectivity index is 1.76. The summed E-state index contributed by atoms with van der Waals surface area (Å²) in [6.07, 6.45) is 3.48. The number of imidazole rings is 1. The molecule has 0 aliphatic rings. The van der Waals surface area contributed by atoms with Gasteiger partial charge in [0.1, 0.15) is 17.3 Å². The molecule has 0 spiro atoms. The molecule has 0 aliphatic heterocycles. The number of benzene rings is 2. The highest BCUT2D eigenvalue weighted by atomic mass is 32.2. The fourth-order valence-corrected chi connectivity index (χ4v) is 3.30. The van der Waals surface area contributed by atoms with Crippen molar-refractivity contribution in [2.75, 3.05) is 20.0 Å². The number of carbonyl (C=O) groups excluding carboxylic acids is 1. The van der Waals surface area contributed by atoms with Crippen molar-refractivity contribution < 1.29 is 18.7 Å². The second-order valence-corrected chi connectivity index (χ2v) is 6.28. The van der Waals surface area contributed by atoms with Crippen LogP contribution >= 0.6 is 11.8 Å². The number of nitrogens with zero attached hydrogens (tertiary/aromatic N) is 2. The molecule has 0 saturated carbocycles. The van der Waals surface area contributed by atoms with Gasteiger partial charge >= 0.3 is 0 Å². The molecule has 1 heterocycles. The molecular weight excluding hydrogens is 355 g/mol. The zero-order valence-corrected chi connectivity index (χ0v) is 15.1. The Morgan fingerprint density at radius 1 is 1.15 bits per heavy atom. The Morgan fingerprint density at radius 3 is 2.62 bits per heavy atom. The fourth-order valence-electron chi connectivity index (χ4n) is 2.44.